The summed E-state index contributed by atoms with van der Waals surface area (Å²) in [5, 5.41) is 12.4. The number of benzene rings is 1. The third kappa shape index (κ3) is 3.27. The fraction of sp³-hybridized carbons (Fsp3) is 0.385. The van der Waals surface area contributed by atoms with Gasteiger partial charge >= 0.3 is 5.97 Å². The van der Waals surface area contributed by atoms with Crippen LogP contribution in [-0.2, 0) is 9.59 Å². The largest absolute Gasteiger partial charge is 0.481 e. The van der Waals surface area contributed by atoms with Crippen LogP contribution in [0.1, 0.15) is 19.3 Å². The number of anilines is 1. The monoisotopic (exact) mass is 379 g/mol. The molecule has 7 heteroatoms. The Morgan fingerprint density at radius 3 is 2.30 bits per heavy atom. The predicted molar refractivity (Wildman–Crippen MR) is 81.3 cm³/mol. The summed E-state index contributed by atoms with van der Waals surface area (Å²) >= 11 is 15.3. The van der Waals surface area contributed by atoms with E-state index in [-0.39, 0.29) is 5.91 Å². The predicted octanol–water partition coefficient (Wildman–Crippen LogP) is 4.20. The summed E-state index contributed by atoms with van der Waals surface area (Å²) in [6.07, 6.45) is 1.82. The van der Waals surface area contributed by atoms with Crippen molar-refractivity contribution in [3.8, 4) is 0 Å². The van der Waals surface area contributed by atoms with Crippen molar-refractivity contribution in [1.29, 1.82) is 0 Å². The second-order valence-electron chi connectivity index (χ2n) is 4.72. The first-order chi connectivity index (χ1) is 9.40. The van der Waals surface area contributed by atoms with Crippen LogP contribution in [0.3, 0.4) is 0 Å². The van der Waals surface area contributed by atoms with Gasteiger partial charge < -0.3 is 10.4 Å². The summed E-state index contributed by atoms with van der Waals surface area (Å²) in [5.41, 5.74) is 0.317. The molecule has 4 nitrogen and oxygen atoms in total. The Labute approximate surface area is 134 Å². The van der Waals surface area contributed by atoms with Gasteiger partial charge in [0.1, 0.15) is 0 Å². The van der Waals surface area contributed by atoms with Gasteiger partial charge in [-0.05, 0) is 25.0 Å². The lowest BCUT2D eigenvalue weighted by Crippen LogP contribution is -2.30. The van der Waals surface area contributed by atoms with Gasteiger partial charge in [0.2, 0.25) is 5.91 Å². The Hall–Kier alpha value is -0.780. The van der Waals surface area contributed by atoms with E-state index in [1.165, 1.54) is 0 Å². The lowest BCUT2D eigenvalue weighted by molar-refractivity contribution is -0.145. The summed E-state index contributed by atoms with van der Waals surface area (Å²) in [6.45, 7) is 0. The second-order valence-corrected chi connectivity index (χ2v) is 6.45. The zero-order valence-corrected chi connectivity index (χ0v) is 13.4. The number of hydrogen-bond donors (Lipinski definition) is 2. The van der Waals surface area contributed by atoms with Gasteiger partial charge in [-0.1, -0.05) is 45.6 Å². The lowest BCUT2D eigenvalue weighted by Gasteiger charge is -2.17. The fourth-order valence-electron chi connectivity index (χ4n) is 2.45. The number of nitrogens with one attached hydrogen (secondary N) is 1. The summed E-state index contributed by atoms with van der Waals surface area (Å²) in [7, 11) is 0. The minimum atomic E-state index is -0.935. The normalized spacial score (nSPS) is 21.8. The van der Waals surface area contributed by atoms with Gasteiger partial charge in [0.25, 0.3) is 0 Å². The maximum Gasteiger partial charge on any atom is 0.307 e. The van der Waals surface area contributed by atoms with Gasteiger partial charge in [0.05, 0.1) is 27.6 Å². The van der Waals surface area contributed by atoms with Crippen LogP contribution in [0.25, 0.3) is 0 Å². The van der Waals surface area contributed by atoms with Crippen molar-refractivity contribution in [3.05, 3.63) is 26.7 Å². The maximum absolute atomic E-state index is 12.2. The number of rotatable bonds is 3. The average Bonchev–Trinajstić information content (AvgIpc) is 2.82. The molecule has 1 aromatic carbocycles. The van der Waals surface area contributed by atoms with Crippen molar-refractivity contribution in [2.24, 2.45) is 11.8 Å². The number of carbonyl (C=O) groups excluding carboxylic acids is 1. The minimum Gasteiger partial charge on any atom is -0.481 e. The Morgan fingerprint density at radius 2 is 1.75 bits per heavy atom. The molecule has 1 aromatic rings. The summed E-state index contributed by atoms with van der Waals surface area (Å²) in [6, 6.07) is 3.23. The van der Waals surface area contributed by atoms with Crippen LogP contribution in [0.5, 0.6) is 0 Å². The first-order valence-electron chi connectivity index (χ1n) is 6.08. The summed E-state index contributed by atoms with van der Waals surface area (Å²) < 4.78 is 0.703. The highest BCUT2D eigenvalue weighted by molar-refractivity contribution is 9.10. The molecule has 0 aromatic heterocycles. The number of aliphatic carboxylic acids is 1. The Balaban J connectivity index is 2.18. The number of carboxylic acid groups (broad SMARTS) is 1. The molecule has 0 bridgehead atoms. The molecule has 2 N–H and O–H groups in total. The average molecular weight is 381 g/mol. The maximum atomic E-state index is 12.2. The molecule has 0 radical (unpaired) electrons. The fourth-order valence-corrected chi connectivity index (χ4v) is 3.75. The van der Waals surface area contributed by atoms with Crippen LogP contribution in [0.2, 0.25) is 10.0 Å². The van der Waals surface area contributed by atoms with E-state index in [2.05, 4.69) is 21.2 Å². The number of carbonyl (C=O) groups is 2. The van der Waals surface area contributed by atoms with Crippen molar-refractivity contribution >= 4 is 56.7 Å². The summed E-state index contributed by atoms with van der Waals surface area (Å²) in [4.78, 5) is 23.3. The Morgan fingerprint density at radius 1 is 1.20 bits per heavy atom. The Bertz CT molecular complexity index is 542. The first-order valence-corrected chi connectivity index (χ1v) is 7.63. The zero-order valence-electron chi connectivity index (χ0n) is 10.3. The topological polar surface area (TPSA) is 66.4 Å². The van der Waals surface area contributed by atoms with Crippen LogP contribution in [0.4, 0.5) is 5.69 Å². The third-order valence-corrected chi connectivity index (χ3v) is 4.48. The smallest absolute Gasteiger partial charge is 0.307 e. The van der Waals surface area contributed by atoms with E-state index >= 15 is 0 Å². The molecule has 108 valence electrons. The standard InChI is InChI=1S/C13H12BrCl2NO3/c14-6-4-9(15)11(10(16)5-6)17-12(18)7-2-1-3-8(7)13(19)20/h4-5,7-8H,1-3H2,(H,17,18)(H,19,20). The molecule has 0 aliphatic heterocycles. The molecule has 1 fully saturated rings. The van der Waals surface area contributed by atoms with Crippen LogP contribution in [0.15, 0.2) is 16.6 Å². The van der Waals surface area contributed by atoms with Gasteiger partial charge in [-0.2, -0.15) is 0 Å². The molecule has 0 saturated heterocycles. The second kappa shape index (κ2) is 6.33. The molecule has 1 aliphatic rings. The van der Waals surface area contributed by atoms with Crippen molar-refractivity contribution in [2.45, 2.75) is 19.3 Å². The summed E-state index contributed by atoms with van der Waals surface area (Å²) in [5.74, 6) is -2.46. The van der Waals surface area contributed by atoms with E-state index in [9.17, 15) is 9.59 Å². The quantitative estimate of drug-likeness (QED) is 0.825. The molecule has 20 heavy (non-hydrogen) atoms. The van der Waals surface area contributed by atoms with Crippen LogP contribution >= 0.6 is 39.1 Å². The highest BCUT2D eigenvalue weighted by atomic mass is 79.9. The van der Waals surface area contributed by atoms with Crippen LogP contribution in [0, 0.1) is 11.8 Å². The molecule has 2 rings (SSSR count). The van der Waals surface area contributed by atoms with E-state index in [4.69, 9.17) is 28.3 Å². The van der Waals surface area contributed by atoms with E-state index in [0.717, 1.165) is 6.42 Å². The van der Waals surface area contributed by atoms with Crippen LogP contribution < -0.4 is 5.32 Å². The Kier molecular flexibility index (Phi) is 4.94. The van der Waals surface area contributed by atoms with Crippen LogP contribution in [-0.4, -0.2) is 17.0 Å². The molecule has 0 heterocycles. The molecular weight excluding hydrogens is 369 g/mol. The third-order valence-electron chi connectivity index (χ3n) is 3.43. The number of carboxylic acids is 1. The zero-order chi connectivity index (χ0) is 14.9. The lowest BCUT2D eigenvalue weighted by atomic mass is 9.95. The molecule has 1 saturated carbocycles. The van der Waals surface area contributed by atoms with E-state index in [1.807, 2.05) is 0 Å². The van der Waals surface area contributed by atoms with Gasteiger partial charge in [-0.25, -0.2) is 0 Å². The molecule has 0 spiro atoms. The van der Waals surface area contributed by atoms with Gasteiger partial charge in [0.15, 0.2) is 0 Å². The highest BCUT2D eigenvalue weighted by Crippen LogP contribution is 2.37. The molecule has 2 unspecified atom stereocenters. The van der Waals surface area contributed by atoms with Gasteiger partial charge in [0, 0.05) is 4.47 Å². The number of hydrogen-bond acceptors (Lipinski definition) is 2. The number of amides is 1. The van der Waals surface area contributed by atoms with Gasteiger partial charge in [-0.15, -0.1) is 0 Å². The minimum absolute atomic E-state index is 0.308. The number of halogens is 3. The first kappa shape index (κ1) is 15.6. The molecule has 1 amide bonds. The van der Waals surface area contributed by atoms with E-state index in [0.29, 0.717) is 33.0 Å². The van der Waals surface area contributed by atoms with Crippen molar-refractivity contribution in [3.63, 3.8) is 0 Å². The van der Waals surface area contributed by atoms with Crippen molar-refractivity contribution in [1.82, 2.24) is 0 Å². The van der Waals surface area contributed by atoms with E-state index < -0.39 is 17.8 Å². The van der Waals surface area contributed by atoms with Crippen molar-refractivity contribution in [2.75, 3.05) is 5.32 Å². The molecule has 2 atom stereocenters. The molecular formula is C13H12BrCl2NO3. The SMILES string of the molecule is O=C(O)C1CCCC1C(=O)Nc1c(Cl)cc(Br)cc1Cl. The van der Waals surface area contributed by atoms with Crippen molar-refractivity contribution < 1.29 is 14.7 Å². The highest BCUT2D eigenvalue weighted by Gasteiger charge is 2.38. The van der Waals surface area contributed by atoms with E-state index in [1.54, 1.807) is 12.1 Å². The molecule has 1 aliphatic carbocycles. The van der Waals surface area contributed by atoms with Gasteiger partial charge in [-0.3, -0.25) is 9.59 Å².